The second kappa shape index (κ2) is 10.4. The minimum absolute atomic E-state index is 0.0299. The first-order valence-corrected chi connectivity index (χ1v) is 8.36. The summed E-state index contributed by atoms with van der Waals surface area (Å²) in [5.74, 6) is -4.59. The van der Waals surface area contributed by atoms with E-state index >= 15 is 0 Å². The van der Waals surface area contributed by atoms with E-state index in [1.807, 2.05) is 0 Å². The Balaban J connectivity index is 3.08. The lowest BCUT2D eigenvalue weighted by Gasteiger charge is -2.23. The molecule has 1 aromatic carbocycles. The van der Waals surface area contributed by atoms with Crippen molar-refractivity contribution < 1.29 is 28.7 Å². The van der Waals surface area contributed by atoms with Gasteiger partial charge < -0.3 is 20.5 Å². The molecule has 0 aromatic heterocycles. The van der Waals surface area contributed by atoms with Crippen molar-refractivity contribution in [3.05, 3.63) is 34.9 Å². The Bertz CT molecular complexity index is 679. The Morgan fingerprint density at radius 3 is 2.27 bits per heavy atom. The predicted molar refractivity (Wildman–Crippen MR) is 93.3 cm³/mol. The zero-order chi connectivity index (χ0) is 19.7. The third-order valence-electron chi connectivity index (χ3n) is 3.40. The van der Waals surface area contributed by atoms with E-state index in [9.17, 15) is 19.2 Å². The van der Waals surface area contributed by atoms with Gasteiger partial charge in [-0.15, -0.1) is 0 Å². The van der Waals surface area contributed by atoms with E-state index < -0.39 is 42.1 Å². The highest BCUT2D eigenvalue weighted by Crippen LogP contribution is 2.18. The summed E-state index contributed by atoms with van der Waals surface area (Å²) in [6.07, 6.45) is -0.469. The van der Waals surface area contributed by atoms with Crippen LogP contribution in [0.25, 0.3) is 0 Å². The van der Waals surface area contributed by atoms with Gasteiger partial charge in [0.15, 0.2) is 0 Å². The number of benzene rings is 1. The van der Waals surface area contributed by atoms with Crippen molar-refractivity contribution >= 4 is 35.4 Å². The zero-order valence-corrected chi connectivity index (χ0v) is 15.2. The average Bonchev–Trinajstić information content (AvgIpc) is 2.58. The van der Waals surface area contributed by atoms with Gasteiger partial charge in [0.1, 0.15) is 6.04 Å². The highest BCUT2D eigenvalue weighted by Gasteiger charge is 2.37. The molecule has 0 bridgehead atoms. The van der Waals surface area contributed by atoms with Crippen molar-refractivity contribution in [3.8, 4) is 0 Å². The first kappa shape index (κ1) is 21.4. The highest BCUT2D eigenvalue weighted by molar-refractivity contribution is 6.33. The lowest BCUT2D eigenvalue weighted by Crippen LogP contribution is -2.52. The summed E-state index contributed by atoms with van der Waals surface area (Å²) in [5.41, 5.74) is 5.44. The summed E-state index contributed by atoms with van der Waals surface area (Å²) < 4.78 is 9.70. The number of hydrogen-bond donors (Lipinski definition) is 2. The number of primary amides is 1. The first-order valence-electron chi connectivity index (χ1n) is 7.98. The van der Waals surface area contributed by atoms with E-state index in [1.54, 1.807) is 26.0 Å². The molecule has 9 heteroatoms. The molecule has 1 aromatic rings. The fraction of sp³-hybridized carbons (Fsp3) is 0.412. The standard InChI is InChI=1S/C17H21ClN2O6/c1-3-25-13(21)9-11(17(24)26-4-2)14(15(19)22)20-16(23)10-7-5-6-8-12(10)18/h5-8,11,14H,3-4,9H2,1-2H3,(H2,19,22)(H,20,23)/t11-,14-/m0/s1. The number of rotatable bonds is 9. The lowest BCUT2D eigenvalue weighted by molar-refractivity contribution is -0.156. The van der Waals surface area contributed by atoms with Crippen LogP contribution in [0.1, 0.15) is 30.6 Å². The van der Waals surface area contributed by atoms with Crippen LogP contribution in [0.3, 0.4) is 0 Å². The van der Waals surface area contributed by atoms with Crippen molar-refractivity contribution in [1.29, 1.82) is 0 Å². The number of esters is 2. The van der Waals surface area contributed by atoms with Gasteiger partial charge in [0.2, 0.25) is 5.91 Å². The zero-order valence-electron chi connectivity index (χ0n) is 14.5. The van der Waals surface area contributed by atoms with Gasteiger partial charge in [-0.2, -0.15) is 0 Å². The van der Waals surface area contributed by atoms with Crippen LogP contribution >= 0.6 is 11.6 Å². The minimum Gasteiger partial charge on any atom is -0.466 e. The van der Waals surface area contributed by atoms with E-state index in [2.05, 4.69) is 5.32 Å². The van der Waals surface area contributed by atoms with Crippen LogP contribution in [0.15, 0.2) is 24.3 Å². The average molecular weight is 385 g/mol. The van der Waals surface area contributed by atoms with Crippen LogP contribution in [-0.4, -0.2) is 43.0 Å². The van der Waals surface area contributed by atoms with E-state index in [4.69, 9.17) is 26.8 Å². The molecule has 1 rings (SSSR count). The minimum atomic E-state index is -1.47. The van der Waals surface area contributed by atoms with Gasteiger partial charge in [0.25, 0.3) is 5.91 Å². The topological polar surface area (TPSA) is 125 Å². The SMILES string of the molecule is CCOC(=O)C[C@H](C(=O)OCC)[C@H](NC(=O)c1ccccc1Cl)C(N)=O. The van der Waals surface area contributed by atoms with E-state index in [1.165, 1.54) is 12.1 Å². The van der Waals surface area contributed by atoms with E-state index in [0.29, 0.717) is 0 Å². The molecule has 3 N–H and O–H groups in total. The molecule has 0 aliphatic rings. The first-order chi connectivity index (χ1) is 12.3. The molecule has 0 saturated heterocycles. The Labute approximate surface area is 156 Å². The third kappa shape index (κ3) is 6.03. The van der Waals surface area contributed by atoms with Gasteiger partial charge in [-0.25, -0.2) is 0 Å². The molecule has 2 atom stereocenters. The molecule has 0 aliphatic heterocycles. The number of carbonyl (C=O) groups excluding carboxylic acids is 4. The van der Waals surface area contributed by atoms with Gasteiger partial charge in [0.05, 0.1) is 36.1 Å². The van der Waals surface area contributed by atoms with Crippen molar-refractivity contribution in [1.82, 2.24) is 5.32 Å². The smallest absolute Gasteiger partial charge is 0.312 e. The Morgan fingerprint density at radius 1 is 1.12 bits per heavy atom. The molecule has 0 fully saturated rings. The summed E-state index contributed by atoms with van der Waals surface area (Å²) >= 11 is 5.96. The quantitative estimate of drug-likeness (QED) is 0.613. The van der Waals surface area contributed by atoms with Crippen LogP contribution in [0.4, 0.5) is 0 Å². The second-order valence-electron chi connectivity index (χ2n) is 5.20. The highest BCUT2D eigenvalue weighted by atomic mass is 35.5. The molecular weight excluding hydrogens is 364 g/mol. The van der Waals surface area contributed by atoms with Gasteiger partial charge in [-0.05, 0) is 26.0 Å². The summed E-state index contributed by atoms with van der Waals surface area (Å²) in [4.78, 5) is 48.2. The Morgan fingerprint density at radius 2 is 1.73 bits per heavy atom. The van der Waals surface area contributed by atoms with Crippen LogP contribution in [0.5, 0.6) is 0 Å². The van der Waals surface area contributed by atoms with E-state index in [-0.39, 0.29) is 23.8 Å². The summed E-state index contributed by atoms with van der Waals surface area (Å²) in [6, 6.07) is 4.69. The van der Waals surface area contributed by atoms with Gasteiger partial charge >= 0.3 is 11.9 Å². The van der Waals surface area contributed by atoms with Gasteiger partial charge in [-0.1, -0.05) is 23.7 Å². The molecule has 2 amide bonds. The third-order valence-corrected chi connectivity index (χ3v) is 3.72. The van der Waals surface area contributed by atoms with Crippen LogP contribution < -0.4 is 11.1 Å². The molecular formula is C17H21ClN2O6. The summed E-state index contributed by atoms with van der Waals surface area (Å²) in [5, 5.41) is 2.51. The largest absolute Gasteiger partial charge is 0.466 e. The maximum Gasteiger partial charge on any atom is 0.312 e. The number of carbonyl (C=O) groups is 4. The maximum atomic E-state index is 12.4. The Hall–Kier alpha value is -2.61. The molecule has 0 saturated carbocycles. The molecule has 0 spiro atoms. The fourth-order valence-electron chi connectivity index (χ4n) is 2.22. The molecule has 26 heavy (non-hydrogen) atoms. The van der Waals surface area contributed by atoms with Crippen molar-refractivity contribution in [2.75, 3.05) is 13.2 Å². The second-order valence-corrected chi connectivity index (χ2v) is 5.61. The van der Waals surface area contributed by atoms with Gasteiger partial charge in [-0.3, -0.25) is 19.2 Å². The number of nitrogens with one attached hydrogen (secondary N) is 1. The van der Waals surface area contributed by atoms with Crippen molar-refractivity contribution in [3.63, 3.8) is 0 Å². The molecule has 142 valence electrons. The number of amides is 2. The summed E-state index contributed by atoms with van der Waals surface area (Å²) in [6.45, 7) is 3.30. The normalized spacial score (nSPS) is 12.6. The molecule has 0 radical (unpaired) electrons. The Kier molecular flexibility index (Phi) is 8.57. The molecule has 0 unspecified atom stereocenters. The van der Waals surface area contributed by atoms with Crippen LogP contribution in [-0.2, 0) is 23.9 Å². The number of hydrogen-bond acceptors (Lipinski definition) is 6. The predicted octanol–water partition coefficient (Wildman–Crippen LogP) is 1.06. The molecule has 0 aliphatic carbocycles. The number of ether oxygens (including phenoxy) is 2. The van der Waals surface area contributed by atoms with Crippen LogP contribution in [0.2, 0.25) is 5.02 Å². The summed E-state index contributed by atoms with van der Waals surface area (Å²) in [7, 11) is 0. The monoisotopic (exact) mass is 384 g/mol. The maximum absolute atomic E-state index is 12.4. The van der Waals surface area contributed by atoms with Crippen molar-refractivity contribution in [2.24, 2.45) is 11.7 Å². The lowest BCUT2D eigenvalue weighted by atomic mass is 9.95. The van der Waals surface area contributed by atoms with Crippen molar-refractivity contribution in [2.45, 2.75) is 26.3 Å². The van der Waals surface area contributed by atoms with Gasteiger partial charge in [0, 0.05) is 0 Å². The van der Waals surface area contributed by atoms with E-state index in [0.717, 1.165) is 0 Å². The number of nitrogens with two attached hydrogens (primary N) is 1. The molecule has 8 nitrogen and oxygen atoms in total. The van der Waals surface area contributed by atoms with Crippen LogP contribution in [0, 0.1) is 5.92 Å². The number of halogens is 1. The fourth-order valence-corrected chi connectivity index (χ4v) is 2.44. The molecule has 0 heterocycles.